The van der Waals surface area contributed by atoms with Crippen LogP contribution in [0.2, 0.25) is 0 Å². The van der Waals surface area contributed by atoms with Gasteiger partial charge in [0.05, 0.1) is 20.3 Å². The number of hydrogen-bond acceptors (Lipinski definition) is 3. The lowest BCUT2D eigenvalue weighted by Gasteiger charge is -2.01. The lowest BCUT2D eigenvalue weighted by molar-refractivity contribution is -0.679. The largest absolute Gasteiger partial charge is 0.461 e. The van der Waals surface area contributed by atoms with Crippen LogP contribution in [-0.2, 0) is 11.8 Å². The van der Waals surface area contributed by atoms with Gasteiger partial charge in [-0.25, -0.2) is 4.79 Å². The normalized spacial score (nSPS) is 9.46. The van der Waals surface area contributed by atoms with Gasteiger partial charge in [-0.05, 0) is 6.07 Å². The number of rotatable bonds is 2. The van der Waals surface area contributed by atoms with E-state index in [0.717, 1.165) is 0 Å². The molecule has 0 atom stereocenters. The Kier molecular flexibility index (Phi) is 2.84. The van der Waals surface area contributed by atoms with Crippen LogP contribution in [0.4, 0.5) is 0 Å². The Bertz CT molecular complexity index is 323. The molecule has 0 radical (unpaired) electrons. The van der Waals surface area contributed by atoms with Gasteiger partial charge in [-0.2, -0.15) is 4.57 Å². The van der Waals surface area contributed by atoms with Crippen molar-refractivity contribution in [2.24, 2.45) is 7.05 Å². The molecule has 0 saturated heterocycles. The van der Waals surface area contributed by atoms with Crippen LogP contribution < -0.4 is 9.30 Å². The zero-order valence-corrected chi connectivity index (χ0v) is 7.90. The van der Waals surface area contributed by atoms with Crippen molar-refractivity contribution in [3.8, 4) is 5.88 Å². The minimum Gasteiger partial charge on any atom is -0.461 e. The molecule has 0 aliphatic heterocycles. The number of ether oxygens (including phenoxy) is 2. The van der Waals surface area contributed by atoms with Crippen LogP contribution in [0, 0.1) is 0 Å². The molecule has 0 aromatic carbocycles. The molecule has 0 aliphatic carbocycles. The van der Waals surface area contributed by atoms with Crippen molar-refractivity contribution >= 4 is 5.97 Å². The zero-order chi connectivity index (χ0) is 9.84. The summed E-state index contributed by atoms with van der Waals surface area (Å²) in [6.45, 7) is 0. The second kappa shape index (κ2) is 3.89. The summed E-state index contributed by atoms with van der Waals surface area (Å²) < 4.78 is 11.3. The standard InChI is InChI=1S/C9H12NO3/c1-10-7(9(11)13-3)5-4-6-8(10)12-2/h4-6H,1-3H3/q+1. The fraction of sp³-hybridized carbons (Fsp3) is 0.333. The lowest BCUT2D eigenvalue weighted by Crippen LogP contribution is -2.37. The molecular weight excluding hydrogens is 170 g/mol. The van der Waals surface area contributed by atoms with E-state index < -0.39 is 0 Å². The van der Waals surface area contributed by atoms with E-state index >= 15 is 0 Å². The zero-order valence-electron chi connectivity index (χ0n) is 7.90. The summed E-state index contributed by atoms with van der Waals surface area (Å²) in [6.07, 6.45) is 0. The number of esters is 1. The molecule has 0 saturated carbocycles. The van der Waals surface area contributed by atoms with Crippen LogP contribution in [0.3, 0.4) is 0 Å². The van der Waals surface area contributed by atoms with Gasteiger partial charge in [0.25, 0.3) is 5.69 Å². The van der Waals surface area contributed by atoms with Crippen molar-refractivity contribution in [3.63, 3.8) is 0 Å². The average Bonchev–Trinajstić information content (AvgIpc) is 2.17. The molecule has 70 valence electrons. The van der Waals surface area contributed by atoms with Crippen LogP contribution in [0.5, 0.6) is 5.88 Å². The molecule has 1 heterocycles. The second-order valence-corrected chi connectivity index (χ2v) is 2.50. The predicted molar refractivity (Wildman–Crippen MR) is 45.5 cm³/mol. The summed E-state index contributed by atoms with van der Waals surface area (Å²) in [6, 6.07) is 5.19. The van der Waals surface area contributed by atoms with Crippen molar-refractivity contribution in [2.75, 3.05) is 14.2 Å². The molecule has 1 rings (SSSR count). The predicted octanol–water partition coefficient (Wildman–Crippen LogP) is 0.306. The average molecular weight is 182 g/mol. The van der Waals surface area contributed by atoms with Gasteiger partial charge < -0.3 is 9.47 Å². The second-order valence-electron chi connectivity index (χ2n) is 2.50. The van der Waals surface area contributed by atoms with Crippen molar-refractivity contribution < 1.29 is 18.8 Å². The Morgan fingerprint density at radius 2 is 2.08 bits per heavy atom. The van der Waals surface area contributed by atoms with Gasteiger partial charge in [0.1, 0.15) is 7.05 Å². The van der Waals surface area contributed by atoms with Crippen LogP contribution in [-0.4, -0.2) is 20.2 Å². The van der Waals surface area contributed by atoms with Crippen LogP contribution >= 0.6 is 0 Å². The molecule has 0 aliphatic rings. The van der Waals surface area contributed by atoms with E-state index in [1.165, 1.54) is 7.11 Å². The number of aromatic nitrogens is 1. The van der Waals surface area contributed by atoms with Gasteiger partial charge >= 0.3 is 11.8 Å². The maximum Gasteiger partial charge on any atom is 0.403 e. The SMILES string of the molecule is COC(=O)c1cccc(OC)[n+]1C. The van der Waals surface area contributed by atoms with Gasteiger partial charge in [0.15, 0.2) is 0 Å². The summed E-state index contributed by atoms with van der Waals surface area (Å²) in [7, 11) is 4.64. The Morgan fingerprint density at radius 3 is 2.62 bits per heavy atom. The summed E-state index contributed by atoms with van der Waals surface area (Å²) in [5.74, 6) is 0.240. The molecule has 1 aromatic heterocycles. The third-order valence-electron chi connectivity index (χ3n) is 1.79. The van der Waals surface area contributed by atoms with E-state index in [4.69, 9.17) is 4.74 Å². The smallest absolute Gasteiger partial charge is 0.403 e. The molecule has 0 unspecified atom stereocenters. The fourth-order valence-corrected chi connectivity index (χ4v) is 1.08. The first kappa shape index (κ1) is 9.51. The number of nitrogens with zero attached hydrogens (tertiary/aromatic N) is 1. The Balaban J connectivity index is 3.15. The molecule has 13 heavy (non-hydrogen) atoms. The molecule has 4 heteroatoms. The molecule has 0 fully saturated rings. The minimum absolute atomic E-state index is 0.374. The van der Waals surface area contributed by atoms with Gasteiger partial charge in [-0.3, -0.25) is 0 Å². The highest BCUT2D eigenvalue weighted by atomic mass is 16.5. The number of methoxy groups -OCH3 is 2. The van der Waals surface area contributed by atoms with E-state index in [-0.39, 0.29) is 5.97 Å². The molecule has 0 bridgehead atoms. The lowest BCUT2D eigenvalue weighted by atomic mass is 10.3. The van der Waals surface area contributed by atoms with Gasteiger partial charge in [-0.1, -0.05) is 0 Å². The number of carbonyl (C=O) groups is 1. The highest BCUT2D eigenvalue weighted by molar-refractivity contribution is 5.85. The molecule has 0 amide bonds. The van der Waals surface area contributed by atoms with Crippen molar-refractivity contribution in [2.45, 2.75) is 0 Å². The molecule has 4 nitrogen and oxygen atoms in total. The van der Waals surface area contributed by atoms with Crippen LogP contribution in [0.15, 0.2) is 18.2 Å². The van der Waals surface area contributed by atoms with Crippen molar-refractivity contribution in [3.05, 3.63) is 23.9 Å². The molecule has 1 aromatic rings. The van der Waals surface area contributed by atoms with E-state index in [9.17, 15) is 4.79 Å². The first-order chi connectivity index (χ1) is 6.20. The van der Waals surface area contributed by atoms with Crippen LogP contribution in [0.1, 0.15) is 10.5 Å². The maximum atomic E-state index is 11.2. The summed E-state index contributed by atoms with van der Waals surface area (Å²) in [5.41, 5.74) is 0.460. The molecule has 0 spiro atoms. The number of hydrogen-bond donors (Lipinski definition) is 0. The fourth-order valence-electron chi connectivity index (χ4n) is 1.08. The first-order valence-electron chi connectivity index (χ1n) is 3.82. The highest BCUT2D eigenvalue weighted by Crippen LogP contribution is 2.03. The van der Waals surface area contributed by atoms with E-state index in [0.29, 0.717) is 11.6 Å². The summed E-state index contributed by atoms with van der Waals surface area (Å²) >= 11 is 0. The Morgan fingerprint density at radius 1 is 1.38 bits per heavy atom. The van der Waals surface area contributed by atoms with E-state index in [1.807, 2.05) is 0 Å². The van der Waals surface area contributed by atoms with Gasteiger partial charge in [-0.15, -0.1) is 0 Å². The monoisotopic (exact) mass is 182 g/mol. The maximum absolute atomic E-state index is 11.2. The molecule has 0 N–H and O–H groups in total. The van der Waals surface area contributed by atoms with Crippen molar-refractivity contribution in [1.29, 1.82) is 0 Å². The van der Waals surface area contributed by atoms with Gasteiger partial charge in [0, 0.05) is 6.07 Å². The summed E-state index contributed by atoms with van der Waals surface area (Å²) in [5, 5.41) is 0. The quantitative estimate of drug-likeness (QED) is 0.488. The third kappa shape index (κ3) is 1.77. The number of carbonyl (C=O) groups excluding carboxylic acids is 1. The highest BCUT2D eigenvalue weighted by Gasteiger charge is 2.20. The third-order valence-corrected chi connectivity index (χ3v) is 1.79. The minimum atomic E-state index is -0.374. The van der Waals surface area contributed by atoms with Gasteiger partial charge in [0.2, 0.25) is 0 Å². The van der Waals surface area contributed by atoms with Crippen molar-refractivity contribution in [1.82, 2.24) is 0 Å². The first-order valence-corrected chi connectivity index (χ1v) is 3.82. The van der Waals surface area contributed by atoms with E-state index in [2.05, 4.69) is 4.74 Å². The topological polar surface area (TPSA) is 39.4 Å². The molecular formula is C9H12NO3+. The van der Waals surface area contributed by atoms with E-state index in [1.54, 1.807) is 36.9 Å². The Labute approximate surface area is 76.7 Å². The Hall–Kier alpha value is -1.58. The summed E-state index contributed by atoms with van der Waals surface area (Å²) in [4.78, 5) is 11.2. The number of pyridine rings is 1. The van der Waals surface area contributed by atoms with Crippen LogP contribution in [0.25, 0.3) is 0 Å².